The van der Waals surface area contributed by atoms with Crippen molar-refractivity contribution in [1.82, 2.24) is 14.7 Å². The monoisotopic (exact) mass is 415 g/mol. The van der Waals surface area contributed by atoms with E-state index in [1.54, 1.807) is 59.9 Å². The molecule has 0 spiro atoms. The molecule has 2 aromatic rings. The highest BCUT2D eigenvalue weighted by Crippen LogP contribution is 2.32. The van der Waals surface area contributed by atoms with Gasteiger partial charge in [-0.15, -0.1) is 0 Å². The topological polar surface area (TPSA) is 93.9 Å². The maximum absolute atomic E-state index is 12.4. The normalized spacial score (nSPS) is 16.8. The Hall–Kier alpha value is -2.87. The molecule has 1 aliphatic rings. The first-order valence-corrected chi connectivity index (χ1v) is 9.94. The van der Waals surface area contributed by atoms with Crippen LogP contribution in [0.15, 0.2) is 30.5 Å². The molecule has 0 radical (unpaired) electrons. The molecular weight excluding hydrogens is 386 g/mol. The molecule has 8 nitrogen and oxygen atoms in total. The van der Waals surface area contributed by atoms with Crippen LogP contribution in [-0.4, -0.2) is 49.7 Å². The number of hydrogen-bond acceptors (Lipinski definition) is 6. The Kier molecular flexibility index (Phi) is 5.64. The van der Waals surface area contributed by atoms with Crippen molar-refractivity contribution in [3.05, 3.63) is 41.6 Å². The van der Waals surface area contributed by atoms with Crippen LogP contribution in [-0.2, 0) is 15.9 Å². The van der Waals surface area contributed by atoms with Crippen molar-refractivity contribution in [3.63, 3.8) is 0 Å². The van der Waals surface area contributed by atoms with Gasteiger partial charge in [-0.05, 0) is 65.7 Å². The zero-order valence-corrected chi connectivity index (χ0v) is 18.3. The third-order valence-electron chi connectivity index (χ3n) is 4.43. The molecule has 162 valence electrons. The lowest BCUT2D eigenvalue weighted by Gasteiger charge is -2.35. The summed E-state index contributed by atoms with van der Waals surface area (Å²) < 4.78 is 11.9. The van der Waals surface area contributed by atoms with Crippen LogP contribution in [0.5, 0.6) is 0 Å². The number of aliphatic hydroxyl groups is 1. The van der Waals surface area contributed by atoms with Crippen LogP contribution >= 0.6 is 0 Å². The molecule has 30 heavy (non-hydrogen) atoms. The average molecular weight is 415 g/mol. The minimum atomic E-state index is -1.07. The number of carbonyl (C=O) groups is 2. The number of hydrogen-bond donors (Lipinski definition) is 1. The molecule has 1 aliphatic heterocycles. The fraction of sp³-hybridized carbons (Fsp3) is 0.500. The van der Waals surface area contributed by atoms with Crippen molar-refractivity contribution >= 4 is 12.2 Å². The predicted molar refractivity (Wildman–Crippen MR) is 111 cm³/mol. The second kappa shape index (κ2) is 7.75. The van der Waals surface area contributed by atoms with E-state index in [1.165, 1.54) is 9.58 Å². The highest BCUT2D eigenvalue weighted by molar-refractivity contribution is 5.72. The van der Waals surface area contributed by atoms with Crippen molar-refractivity contribution in [2.75, 3.05) is 6.54 Å². The maximum atomic E-state index is 12.4. The SMILES string of the molecule is CC(C)(C)OC(=O)N1CCc2cc(-c3ccn(C(=O)OC(C)(C)C)n3)ccc2C1O. The van der Waals surface area contributed by atoms with E-state index in [1.807, 2.05) is 12.1 Å². The number of benzene rings is 1. The van der Waals surface area contributed by atoms with E-state index < -0.39 is 29.6 Å². The molecule has 1 aromatic heterocycles. The van der Waals surface area contributed by atoms with Crippen LogP contribution in [0.1, 0.15) is 58.9 Å². The first-order chi connectivity index (χ1) is 13.8. The summed E-state index contributed by atoms with van der Waals surface area (Å²) in [5.74, 6) is 0. The van der Waals surface area contributed by atoms with Crippen molar-refractivity contribution in [2.24, 2.45) is 0 Å². The summed E-state index contributed by atoms with van der Waals surface area (Å²) in [6.45, 7) is 11.1. The van der Waals surface area contributed by atoms with Crippen LogP contribution in [0, 0.1) is 0 Å². The largest absolute Gasteiger partial charge is 0.444 e. The van der Waals surface area contributed by atoms with Crippen molar-refractivity contribution < 1.29 is 24.2 Å². The number of fused-ring (bicyclic) bond motifs is 1. The number of aromatic nitrogens is 2. The van der Waals surface area contributed by atoms with Gasteiger partial charge in [0, 0.05) is 23.9 Å². The van der Waals surface area contributed by atoms with Gasteiger partial charge in [-0.2, -0.15) is 9.78 Å². The predicted octanol–water partition coefficient (Wildman–Crippen LogP) is 4.12. The van der Waals surface area contributed by atoms with Crippen molar-refractivity contribution in [1.29, 1.82) is 0 Å². The highest BCUT2D eigenvalue weighted by atomic mass is 16.6. The van der Waals surface area contributed by atoms with E-state index in [0.29, 0.717) is 24.2 Å². The molecule has 0 aliphatic carbocycles. The fourth-order valence-electron chi connectivity index (χ4n) is 3.16. The van der Waals surface area contributed by atoms with E-state index >= 15 is 0 Å². The number of rotatable bonds is 1. The zero-order chi connectivity index (χ0) is 22.3. The second-order valence-electron chi connectivity index (χ2n) is 9.34. The Morgan fingerprint density at radius 3 is 2.30 bits per heavy atom. The number of ether oxygens (including phenoxy) is 2. The molecule has 1 N–H and O–H groups in total. The van der Waals surface area contributed by atoms with E-state index in [2.05, 4.69) is 5.10 Å². The summed E-state index contributed by atoms with van der Waals surface area (Å²) in [7, 11) is 0. The Morgan fingerprint density at radius 1 is 1.03 bits per heavy atom. The van der Waals surface area contributed by atoms with Gasteiger partial charge in [-0.3, -0.25) is 4.90 Å². The Morgan fingerprint density at radius 2 is 1.67 bits per heavy atom. The second-order valence-corrected chi connectivity index (χ2v) is 9.34. The van der Waals surface area contributed by atoms with Gasteiger partial charge < -0.3 is 14.6 Å². The minimum absolute atomic E-state index is 0.346. The van der Waals surface area contributed by atoms with Crippen molar-refractivity contribution in [2.45, 2.75) is 65.4 Å². The molecule has 3 rings (SSSR count). The maximum Gasteiger partial charge on any atom is 0.435 e. The standard InChI is InChI=1S/C22H29N3O5/c1-21(2,3)29-19(27)24-11-9-14-13-15(7-8-16(14)18(24)26)17-10-12-25(23-17)20(28)30-22(4,5)6/h7-8,10,12-13,18,26H,9,11H2,1-6H3. The van der Waals surface area contributed by atoms with Gasteiger partial charge in [0.1, 0.15) is 11.2 Å². The molecule has 1 aromatic carbocycles. The molecule has 2 heterocycles. The molecular formula is C22H29N3O5. The van der Waals surface area contributed by atoms with Crippen LogP contribution < -0.4 is 0 Å². The average Bonchev–Trinajstić information content (AvgIpc) is 3.09. The van der Waals surface area contributed by atoms with Gasteiger partial charge in [0.15, 0.2) is 6.23 Å². The van der Waals surface area contributed by atoms with Gasteiger partial charge in [-0.1, -0.05) is 12.1 Å². The van der Waals surface area contributed by atoms with Crippen molar-refractivity contribution in [3.8, 4) is 11.3 Å². The number of carbonyl (C=O) groups excluding carboxylic acids is 2. The summed E-state index contributed by atoms with van der Waals surface area (Å²) in [6.07, 6.45) is -0.0262. The highest BCUT2D eigenvalue weighted by Gasteiger charge is 2.32. The number of aliphatic hydroxyl groups excluding tert-OH is 1. The van der Waals surface area contributed by atoms with Gasteiger partial charge in [0.2, 0.25) is 0 Å². The van der Waals surface area contributed by atoms with E-state index in [9.17, 15) is 14.7 Å². The first kappa shape index (κ1) is 21.8. The zero-order valence-electron chi connectivity index (χ0n) is 18.3. The first-order valence-electron chi connectivity index (χ1n) is 9.94. The third-order valence-corrected chi connectivity index (χ3v) is 4.43. The van der Waals surface area contributed by atoms with E-state index in [-0.39, 0.29) is 0 Å². The lowest BCUT2D eigenvalue weighted by molar-refractivity contribution is -0.0358. The lowest BCUT2D eigenvalue weighted by atomic mass is 9.95. The molecule has 0 fully saturated rings. The molecule has 1 unspecified atom stereocenters. The summed E-state index contributed by atoms with van der Waals surface area (Å²) in [4.78, 5) is 25.9. The smallest absolute Gasteiger partial charge is 0.435 e. The Bertz CT molecular complexity index is 952. The number of amides is 1. The van der Waals surface area contributed by atoms with Crippen LogP contribution in [0.3, 0.4) is 0 Å². The summed E-state index contributed by atoms with van der Waals surface area (Å²) >= 11 is 0. The van der Waals surface area contributed by atoms with Gasteiger partial charge in [-0.25, -0.2) is 9.59 Å². The fourth-order valence-corrected chi connectivity index (χ4v) is 3.16. The molecule has 1 atom stereocenters. The van der Waals surface area contributed by atoms with Crippen LogP contribution in [0.25, 0.3) is 11.3 Å². The van der Waals surface area contributed by atoms with E-state index in [0.717, 1.165) is 11.1 Å². The minimum Gasteiger partial charge on any atom is -0.444 e. The summed E-state index contributed by atoms with van der Waals surface area (Å²) in [5, 5.41) is 15.0. The van der Waals surface area contributed by atoms with Gasteiger partial charge in [0.25, 0.3) is 0 Å². The molecule has 1 amide bonds. The molecule has 8 heteroatoms. The van der Waals surface area contributed by atoms with Gasteiger partial charge in [0.05, 0.1) is 5.69 Å². The third kappa shape index (κ3) is 4.99. The van der Waals surface area contributed by atoms with Crippen LogP contribution in [0.2, 0.25) is 0 Å². The van der Waals surface area contributed by atoms with Crippen LogP contribution in [0.4, 0.5) is 9.59 Å². The van der Waals surface area contributed by atoms with Gasteiger partial charge >= 0.3 is 12.2 Å². The summed E-state index contributed by atoms with van der Waals surface area (Å²) in [5.41, 5.74) is 1.77. The quantitative estimate of drug-likeness (QED) is 0.753. The Balaban J connectivity index is 1.78. The number of nitrogens with zero attached hydrogens (tertiary/aromatic N) is 3. The summed E-state index contributed by atoms with van der Waals surface area (Å²) in [6, 6.07) is 7.24. The molecule has 0 saturated heterocycles. The Labute approximate surface area is 176 Å². The van der Waals surface area contributed by atoms with E-state index in [4.69, 9.17) is 9.47 Å². The molecule has 0 bridgehead atoms. The lowest BCUT2D eigenvalue weighted by Crippen LogP contribution is -2.43. The molecule has 0 saturated carbocycles.